The summed E-state index contributed by atoms with van der Waals surface area (Å²) in [6, 6.07) is 9.94. The molecule has 0 aliphatic rings. The molecule has 0 heterocycles. The van der Waals surface area contributed by atoms with Crippen molar-refractivity contribution in [3.05, 3.63) is 57.6 Å². The molecule has 25 heavy (non-hydrogen) atoms. The SMILES string of the molecule is COc1cc(C=O)ccc1OCC(=O)N(C)Cc1ccc(Cl)c(Cl)c1. The minimum absolute atomic E-state index is 0.158. The Balaban J connectivity index is 1.97. The Morgan fingerprint density at radius 3 is 2.52 bits per heavy atom. The highest BCUT2D eigenvalue weighted by Crippen LogP contribution is 2.27. The topological polar surface area (TPSA) is 55.8 Å². The van der Waals surface area contributed by atoms with Gasteiger partial charge in [0.1, 0.15) is 6.29 Å². The van der Waals surface area contributed by atoms with Crippen LogP contribution in [0.3, 0.4) is 0 Å². The zero-order valence-electron chi connectivity index (χ0n) is 13.8. The van der Waals surface area contributed by atoms with Gasteiger partial charge < -0.3 is 14.4 Å². The van der Waals surface area contributed by atoms with E-state index in [0.717, 1.165) is 5.56 Å². The average molecular weight is 382 g/mol. The molecule has 0 fully saturated rings. The van der Waals surface area contributed by atoms with Crippen molar-refractivity contribution in [1.82, 2.24) is 4.90 Å². The summed E-state index contributed by atoms with van der Waals surface area (Å²) in [5, 5.41) is 0.907. The number of rotatable bonds is 7. The lowest BCUT2D eigenvalue weighted by Gasteiger charge is -2.18. The van der Waals surface area contributed by atoms with Gasteiger partial charge in [-0.1, -0.05) is 29.3 Å². The van der Waals surface area contributed by atoms with E-state index in [-0.39, 0.29) is 12.5 Å². The second-order valence-corrected chi connectivity index (χ2v) is 6.13. The number of benzene rings is 2. The lowest BCUT2D eigenvalue weighted by atomic mass is 10.2. The number of carbonyl (C=O) groups excluding carboxylic acids is 2. The molecule has 2 rings (SSSR count). The molecule has 0 atom stereocenters. The van der Waals surface area contributed by atoms with Crippen LogP contribution in [0.1, 0.15) is 15.9 Å². The molecule has 1 amide bonds. The fraction of sp³-hybridized carbons (Fsp3) is 0.222. The third-order valence-electron chi connectivity index (χ3n) is 3.50. The molecule has 5 nitrogen and oxygen atoms in total. The van der Waals surface area contributed by atoms with Gasteiger partial charge in [0.15, 0.2) is 18.1 Å². The fourth-order valence-corrected chi connectivity index (χ4v) is 2.45. The van der Waals surface area contributed by atoms with Crippen LogP contribution in [0, 0.1) is 0 Å². The van der Waals surface area contributed by atoms with Gasteiger partial charge in [0.2, 0.25) is 0 Å². The quantitative estimate of drug-likeness (QED) is 0.683. The minimum Gasteiger partial charge on any atom is -0.493 e. The molecule has 0 spiro atoms. The van der Waals surface area contributed by atoms with Crippen LogP contribution >= 0.6 is 23.2 Å². The Morgan fingerprint density at radius 1 is 1.12 bits per heavy atom. The van der Waals surface area contributed by atoms with Crippen LogP contribution in [0.15, 0.2) is 36.4 Å². The van der Waals surface area contributed by atoms with Gasteiger partial charge in [-0.05, 0) is 35.9 Å². The maximum Gasteiger partial charge on any atom is 0.260 e. The molecule has 0 radical (unpaired) electrons. The largest absolute Gasteiger partial charge is 0.493 e. The van der Waals surface area contributed by atoms with Crippen molar-refractivity contribution in [2.75, 3.05) is 20.8 Å². The van der Waals surface area contributed by atoms with Gasteiger partial charge in [-0.25, -0.2) is 0 Å². The number of carbonyl (C=O) groups is 2. The summed E-state index contributed by atoms with van der Waals surface area (Å²) in [5.74, 6) is 0.571. The highest BCUT2D eigenvalue weighted by Gasteiger charge is 2.13. The van der Waals surface area contributed by atoms with Gasteiger partial charge in [-0.15, -0.1) is 0 Å². The number of nitrogens with zero attached hydrogens (tertiary/aromatic N) is 1. The van der Waals surface area contributed by atoms with Crippen molar-refractivity contribution in [2.45, 2.75) is 6.54 Å². The fourth-order valence-electron chi connectivity index (χ4n) is 2.13. The van der Waals surface area contributed by atoms with Crippen LogP contribution in [0.25, 0.3) is 0 Å². The van der Waals surface area contributed by atoms with Crippen molar-refractivity contribution in [3.8, 4) is 11.5 Å². The van der Waals surface area contributed by atoms with Crippen LogP contribution in [-0.4, -0.2) is 37.9 Å². The standard InChI is InChI=1S/C18H17Cl2NO4/c1-21(9-12-3-5-14(19)15(20)7-12)18(23)11-25-16-6-4-13(10-22)8-17(16)24-2/h3-8,10H,9,11H2,1-2H3. The molecular weight excluding hydrogens is 365 g/mol. The van der Waals surface area contributed by atoms with Crippen LogP contribution in [0.4, 0.5) is 0 Å². The molecule has 7 heteroatoms. The third kappa shape index (κ3) is 5.11. The molecular formula is C18H17Cl2NO4. The van der Waals surface area contributed by atoms with Crippen LogP contribution < -0.4 is 9.47 Å². The lowest BCUT2D eigenvalue weighted by Crippen LogP contribution is -2.31. The summed E-state index contributed by atoms with van der Waals surface area (Å²) in [7, 11) is 3.13. The average Bonchev–Trinajstić information content (AvgIpc) is 2.62. The number of aldehydes is 1. The number of hydrogen-bond acceptors (Lipinski definition) is 4. The van der Waals surface area contributed by atoms with E-state index in [4.69, 9.17) is 32.7 Å². The highest BCUT2D eigenvalue weighted by molar-refractivity contribution is 6.42. The van der Waals surface area contributed by atoms with E-state index in [2.05, 4.69) is 0 Å². The molecule has 132 valence electrons. The molecule has 0 unspecified atom stereocenters. The van der Waals surface area contributed by atoms with Gasteiger partial charge in [0, 0.05) is 19.2 Å². The maximum absolute atomic E-state index is 12.2. The highest BCUT2D eigenvalue weighted by atomic mass is 35.5. The number of halogens is 2. The van der Waals surface area contributed by atoms with E-state index >= 15 is 0 Å². The normalized spacial score (nSPS) is 10.2. The van der Waals surface area contributed by atoms with Crippen molar-refractivity contribution in [3.63, 3.8) is 0 Å². The van der Waals surface area contributed by atoms with Gasteiger partial charge >= 0.3 is 0 Å². The maximum atomic E-state index is 12.2. The Kier molecular flexibility index (Phi) is 6.67. The van der Waals surface area contributed by atoms with E-state index in [1.807, 2.05) is 0 Å². The smallest absolute Gasteiger partial charge is 0.260 e. The molecule has 0 aliphatic heterocycles. The summed E-state index contributed by atoms with van der Waals surface area (Å²) in [6.45, 7) is 0.217. The Hall–Kier alpha value is -2.24. The van der Waals surface area contributed by atoms with Crippen molar-refractivity contribution in [2.24, 2.45) is 0 Å². The molecule has 0 N–H and O–H groups in total. The second-order valence-electron chi connectivity index (χ2n) is 5.32. The van der Waals surface area contributed by atoms with Crippen LogP contribution in [-0.2, 0) is 11.3 Å². The molecule has 0 saturated heterocycles. The molecule has 0 aromatic heterocycles. The van der Waals surface area contributed by atoms with Gasteiger partial charge in [0.25, 0.3) is 5.91 Å². The summed E-state index contributed by atoms with van der Waals surface area (Å²) in [4.78, 5) is 24.5. The summed E-state index contributed by atoms with van der Waals surface area (Å²) < 4.78 is 10.7. The predicted octanol–water partition coefficient (Wildman–Crippen LogP) is 3.85. The Bertz CT molecular complexity index is 780. The van der Waals surface area contributed by atoms with Gasteiger partial charge in [0.05, 0.1) is 17.2 Å². The zero-order valence-corrected chi connectivity index (χ0v) is 15.3. The van der Waals surface area contributed by atoms with E-state index in [9.17, 15) is 9.59 Å². The minimum atomic E-state index is -0.215. The number of likely N-dealkylation sites (N-methyl/N-ethyl adjacent to an activating group) is 1. The van der Waals surface area contributed by atoms with Crippen molar-refractivity contribution < 1.29 is 19.1 Å². The summed E-state index contributed by atoms with van der Waals surface area (Å²) in [5.41, 5.74) is 1.32. The number of amides is 1. The number of hydrogen-bond donors (Lipinski definition) is 0. The monoisotopic (exact) mass is 381 g/mol. The van der Waals surface area contributed by atoms with Crippen LogP contribution in [0.2, 0.25) is 10.0 Å². The van der Waals surface area contributed by atoms with E-state index in [0.29, 0.717) is 39.9 Å². The first-order chi connectivity index (χ1) is 11.9. The Morgan fingerprint density at radius 2 is 1.88 bits per heavy atom. The first-order valence-corrected chi connectivity index (χ1v) is 8.14. The first kappa shape index (κ1) is 19.1. The summed E-state index contributed by atoms with van der Waals surface area (Å²) >= 11 is 11.9. The van der Waals surface area contributed by atoms with E-state index in [1.54, 1.807) is 43.4 Å². The predicted molar refractivity (Wildman–Crippen MR) is 96.8 cm³/mol. The van der Waals surface area contributed by atoms with Crippen LogP contribution in [0.5, 0.6) is 11.5 Å². The number of ether oxygens (including phenoxy) is 2. The van der Waals surface area contributed by atoms with E-state index < -0.39 is 0 Å². The molecule has 0 bridgehead atoms. The van der Waals surface area contributed by atoms with E-state index in [1.165, 1.54) is 12.0 Å². The Labute approximate surface area is 156 Å². The lowest BCUT2D eigenvalue weighted by molar-refractivity contribution is -0.132. The third-order valence-corrected chi connectivity index (χ3v) is 4.24. The molecule has 0 aliphatic carbocycles. The zero-order chi connectivity index (χ0) is 18.4. The summed E-state index contributed by atoms with van der Waals surface area (Å²) in [6.07, 6.45) is 0.711. The van der Waals surface area contributed by atoms with Gasteiger partial charge in [-0.2, -0.15) is 0 Å². The molecule has 2 aromatic carbocycles. The second kappa shape index (κ2) is 8.74. The number of methoxy groups -OCH3 is 1. The molecule has 2 aromatic rings. The first-order valence-electron chi connectivity index (χ1n) is 7.38. The molecule has 0 saturated carbocycles. The van der Waals surface area contributed by atoms with Crippen molar-refractivity contribution in [1.29, 1.82) is 0 Å². The van der Waals surface area contributed by atoms with Gasteiger partial charge in [-0.3, -0.25) is 9.59 Å². The van der Waals surface area contributed by atoms with Crippen molar-refractivity contribution >= 4 is 35.4 Å².